The third kappa shape index (κ3) is 3.93. The second-order valence-corrected chi connectivity index (χ2v) is 6.98. The zero-order valence-electron chi connectivity index (χ0n) is 12.3. The number of hydrogen-bond acceptors (Lipinski definition) is 3. The first-order valence-electron chi connectivity index (χ1n) is 6.78. The van der Waals surface area contributed by atoms with Gasteiger partial charge in [-0.25, -0.2) is 8.42 Å². The Balaban J connectivity index is 2.33. The number of carbonyl (C=O) groups is 1. The summed E-state index contributed by atoms with van der Waals surface area (Å²) in [6.45, 7) is 1.69. The van der Waals surface area contributed by atoms with Crippen LogP contribution in [0.4, 0.5) is 0 Å². The topological polar surface area (TPSA) is 80.5 Å². The minimum atomic E-state index is -3.77. The van der Waals surface area contributed by atoms with E-state index in [4.69, 9.17) is 5.73 Å². The molecule has 0 aliphatic rings. The van der Waals surface area contributed by atoms with E-state index in [1.54, 1.807) is 18.2 Å². The molecule has 0 atom stereocenters. The summed E-state index contributed by atoms with van der Waals surface area (Å²) >= 11 is 0. The number of nitrogens with zero attached hydrogens (tertiary/aromatic N) is 1. The molecule has 0 saturated heterocycles. The van der Waals surface area contributed by atoms with Crippen LogP contribution in [0.15, 0.2) is 59.5 Å². The maximum atomic E-state index is 12.7. The van der Waals surface area contributed by atoms with Crippen molar-refractivity contribution in [2.24, 2.45) is 5.73 Å². The molecule has 0 aliphatic carbocycles. The smallest absolute Gasteiger partial charge is 0.243 e. The average molecular weight is 318 g/mol. The van der Waals surface area contributed by atoms with Crippen molar-refractivity contribution in [3.05, 3.63) is 65.7 Å². The molecule has 0 radical (unpaired) electrons. The first kappa shape index (κ1) is 16.2. The lowest BCUT2D eigenvalue weighted by Gasteiger charge is -2.21. The molecule has 5 nitrogen and oxygen atoms in total. The summed E-state index contributed by atoms with van der Waals surface area (Å²) in [6, 6.07) is 15.5. The van der Waals surface area contributed by atoms with Gasteiger partial charge in [0.1, 0.15) is 0 Å². The molecule has 0 aromatic heterocycles. The number of benzene rings is 2. The van der Waals surface area contributed by atoms with Crippen molar-refractivity contribution in [2.45, 2.75) is 18.4 Å². The average Bonchev–Trinajstić information content (AvgIpc) is 2.49. The Morgan fingerprint density at radius 2 is 1.64 bits per heavy atom. The van der Waals surface area contributed by atoms with Crippen LogP contribution < -0.4 is 5.73 Å². The Labute approximate surface area is 130 Å². The van der Waals surface area contributed by atoms with E-state index < -0.39 is 15.9 Å². The highest BCUT2D eigenvalue weighted by Gasteiger charge is 2.25. The largest absolute Gasteiger partial charge is 0.369 e. The summed E-state index contributed by atoms with van der Waals surface area (Å²) in [5.74, 6) is -0.688. The zero-order chi connectivity index (χ0) is 16.2. The number of nitrogens with two attached hydrogens (primary N) is 1. The molecule has 116 valence electrons. The molecule has 6 heteroatoms. The zero-order valence-corrected chi connectivity index (χ0v) is 13.1. The van der Waals surface area contributed by atoms with E-state index in [1.807, 2.05) is 31.2 Å². The number of hydrogen-bond donors (Lipinski definition) is 1. The molecule has 2 aromatic carbocycles. The Hall–Kier alpha value is -2.18. The highest BCUT2D eigenvalue weighted by atomic mass is 32.2. The molecule has 0 saturated carbocycles. The standard InChI is InChI=1S/C16H18N2O3S/c1-13-7-9-14(10-8-13)11-18(12-16(17)19)22(20,21)15-5-3-2-4-6-15/h2-10H,11-12H2,1H3,(H2,17,19). The fraction of sp³-hybridized carbons (Fsp3) is 0.188. The number of rotatable bonds is 6. The summed E-state index contributed by atoms with van der Waals surface area (Å²) in [7, 11) is -3.77. The van der Waals surface area contributed by atoms with E-state index in [0.717, 1.165) is 15.4 Å². The highest BCUT2D eigenvalue weighted by Crippen LogP contribution is 2.18. The van der Waals surface area contributed by atoms with Crippen molar-refractivity contribution in [1.82, 2.24) is 4.31 Å². The molecule has 22 heavy (non-hydrogen) atoms. The molecule has 0 bridgehead atoms. The summed E-state index contributed by atoms with van der Waals surface area (Å²) in [5, 5.41) is 0. The molecule has 0 spiro atoms. The fourth-order valence-electron chi connectivity index (χ4n) is 2.04. The number of sulfonamides is 1. The molecule has 0 unspecified atom stereocenters. The van der Waals surface area contributed by atoms with Crippen LogP contribution in [0, 0.1) is 6.92 Å². The van der Waals surface area contributed by atoms with Crippen LogP contribution in [0.5, 0.6) is 0 Å². The minimum absolute atomic E-state index is 0.0977. The number of carbonyl (C=O) groups excluding carboxylic acids is 1. The van der Waals surface area contributed by atoms with Crippen LogP contribution >= 0.6 is 0 Å². The van der Waals surface area contributed by atoms with Crippen molar-refractivity contribution < 1.29 is 13.2 Å². The van der Waals surface area contributed by atoms with Gasteiger partial charge in [0.05, 0.1) is 11.4 Å². The molecule has 2 aromatic rings. The van der Waals surface area contributed by atoms with E-state index in [9.17, 15) is 13.2 Å². The third-order valence-electron chi connectivity index (χ3n) is 3.19. The van der Waals surface area contributed by atoms with Gasteiger partial charge in [0, 0.05) is 6.54 Å². The highest BCUT2D eigenvalue weighted by molar-refractivity contribution is 7.89. The van der Waals surface area contributed by atoms with E-state index in [2.05, 4.69) is 0 Å². The number of primary amides is 1. The fourth-order valence-corrected chi connectivity index (χ4v) is 3.45. The van der Waals surface area contributed by atoms with Crippen LogP contribution in [0.25, 0.3) is 0 Å². The van der Waals surface area contributed by atoms with Gasteiger partial charge >= 0.3 is 0 Å². The van der Waals surface area contributed by atoms with Crippen LogP contribution in [0.3, 0.4) is 0 Å². The predicted molar refractivity (Wildman–Crippen MR) is 84.4 cm³/mol. The quantitative estimate of drug-likeness (QED) is 0.880. The van der Waals surface area contributed by atoms with E-state index in [-0.39, 0.29) is 18.0 Å². The van der Waals surface area contributed by atoms with E-state index in [0.29, 0.717) is 0 Å². The van der Waals surface area contributed by atoms with Gasteiger partial charge in [0.15, 0.2) is 0 Å². The summed E-state index contributed by atoms with van der Waals surface area (Å²) in [6.07, 6.45) is 0. The van der Waals surface area contributed by atoms with Crippen LogP contribution in [0.2, 0.25) is 0 Å². The SMILES string of the molecule is Cc1ccc(CN(CC(N)=O)S(=O)(=O)c2ccccc2)cc1. The second-order valence-electron chi connectivity index (χ2n) is 5.04. The first-order valence-corrected chi connectivity index (χ1v) is 8.22. The van der Waals surface area contributed by atoms with Crippen molar-refractivity contribution in [3.8, 4) is 0 Å². The summed E-state index contributed by atoms with van der Waals surface area (Å²) in [5.41, 5.74) is 7.08. The van der Waals surface area contributed by atoms with E-state index >= 15 is 0 Å². The number of aryl methyl sites for hydroxylation is 1. The van der Waals surface area contributed by atoms with Crippen LogP contribution in [0.1, 0.15) is 11.1 Å². The second kappa shape index (κ2) is 6.72. The van der Waals surface area contributed by atoms with Gasteiger partial charge in [0.25, 0.3) is 0 Å². The van der Waals surface area contributed by atoms with Crippen molar-refractivity contribution in [3.63, 3.8) is 0 Å². The van der Waals surface area contributed by atoms with Gasteiger partial charge in [-0.1, -0.05) is 48.0 Å². The summed E-state index contributed by atoms with van der Waals surface area (Å²) < 4.78 is 26.4. The molecule has 1 amide bonds. The molecular formula is C16H18N2O3S. The molecule has 0 aliphatic heterocycles. The number of amides is 1. The maximum Gasteiger partial charge on any atom is 0.243 e. The molecule has 0 heterocycles. The third-order valence-corrected chi connectivity index (χ3v) is 5.00. The van der Waals surface area contributed by atoms with Crippen molar-refractivity contribution in [2.75, 3.05) is 6.54 Å². The van der Waals surface area contributed by atoms with Gasteiger partial charge in [-0.05, 0) is 24.6 Å². The molecule has 2 rings (SSSR count). The lowest BCUT2D eigenvalue weighted by Crippen LogP contribution is -2.37. The van der Waals surface area contributed by atoms with Gasteiger partial charge in [0.2, 0.25) is 15.9 Å². The van der Waals surface area contributed by atoms with Gasteiger partial charge in [-0.3, -0.25) is 4.79 Å². The lowest BCUT2D eigenvalue weighted by molar-refractivity contribution is -0.118. The predicted octanol–water partition coefficient (Wildman–Crippen LogP) is 1.67. The first-order chi connectivity index (χ1) is 10.4. The van der Waals surface area contributed by atoms with Crippen molar-refractivity contribution in [1.29, 1.82) is 0 Å². The van der Waals surface area contributed by atoms with Crippen LogP contribution in [-0.4, -0.2) is 25.2 Å². The van der Waals surface area contributed by atoms with E-state index in [1.165, 1.54) is 12.1 Å². The Kier molecular flexibility index (Phi) is 4.95. The normalized spacial score (nSPS) is 11.5. The monoisotopic (exact) mass is 318 g/mol. The molecular weight excluding hydrogens is 300 g/mol. The molecule has 2 N–H and O–H groups in total. The van der Waals surface area contributed by atoms with Gasteiger partial charge in [-0.15, -0.1) is 0 Å². The van der Waals surface area contributed by atoms with Crippen LogP contribution in [-0.2, 0) is 21.4 Å². The maximum absolute atomic E-state index is 12.7. The summed E-state index contributed by atoms with van der Waals surface area (Å²) in [4.78, 5) is 11.4. The Bertz CT molecular complexity index is 741. The Morgan fingerprint density at radius 3 is 2.18 bits per heavy atom. The molecule has 0 fully saturated rings. The minimum Gasteiger partial charge on any atom is -0.369 e. The van der Waals surface area contributed by atoms with Crippen molar-refractivity contribution >= 4 is 15.9 Å². The van der Waals surface area contributed by atoms with Gasteiger partial charge < -0.3 is 5.73 Å². The van der Waals surface area contributed by atoms with Gasteiger partial charge in [-0.2, -0.15) is 4.31 Å². The lowest BCUT2D eigenvalue weighted by atomic mass is 10.1. The Morgan fingerprint density at radius 1 is 1.05 bits per heavy atom.